The number of ketones is 2. The summed E-state index contributed by atoms with van der Waals surface area (Å²) in [6.45, 7) is -3.45. The SMILES string of the molecule is N#CC(C#N)=C1C(=NC2=Cc3sc4c(c3C2(C(=O)OCc2ccccc2)C(=O)OCc2ccccc2)C(C(=O)OCc2ccccc2)(C(=O)OCc2ccccc2)c2c-4sc3c2C(C(=O)OCc2ccccc2)(C(=O)OCc2ccccc2)C(N=C2C(=O)c4ccccc4C2=C(C#N)C#N)=C3)C(=O)c2ccccc21. The van der Waals surface area contributed by atoms with Gasteiger partial charge in [0.05, 0.1) is 21.1 Å². The van der Waals surface area contributed by atoms with Crippen LogP contribution in [0.2, 0.25) is 0 Å². The molecule has 5 aliphatic carbocycles. The monoisotopic (exact) mass is 1470 g/mol. The predicted octanol–water partition coefficient (Wildman–Crippen LogP) is 14.0. The highest BCUT2D eigenvalue weighted by atomic mass is 32.1. The fourth-order valence-corrected chi connectivity index (χ4v) is 17.1. The molecule has 8 aromatic carbocycles. The number of rotatable bonds is 20. The molecule has 0 spiro atoms. The molecule has 2 aromatic heterocycles. The van der Waals surface area contributed by atoms with E-state index in [1.165, 1.54) is 36.4 Å². The molecule has 5 aliphatic rings. The lowest BCUT2D eigenvalue weighted by atomic mass is 9.67. The number of esters is 6. The Hall–Kier alpha value is -14.4. The highest BCUT2D eigenvalue weighted by Gasteiger charge is 2.72. The molecule has 0 radical (unpaired) electrons. The van der Waals surface area contributed by atoms with Gasteiger partial charge < -0.3 is 28.4 Å². The van der Waals surface area contributed by atoms with Crippen LogP contribution in [-0.2, 0) is 113 Å². The molecule has 10 aromatic rings. The van der Waals surface area contributed by atoms with E-state index in [-0.39, 0.29) is 52.9 Å². The molecule has 2 heterocycles. The Kier molecular flexibility index (Phi) is 18.9. The molecule has 0 saturated heterocycles. The number of Topliss-reactive ketones (excluding diaryl/α,β-unsaturated/α-hetero) is 2. The Morgan fingerprint density at radius 1 is 0.312 bits per heavy atom. The van der Waals surface area contributed by atoms with E-state index in [1.807, 2.05) is 24.3 Å². The Morgan fingerprint density at radius 2 is 0.541 bits per heavy atom. The van der Waals surface area contributed by atoms with E-state index >= 15 is 38.4 Å². The fourth-order valence-electron chi connectivity index (χ4n) is 14.2. The van der Waals surface area contributed by atoms with Gasteiger partial charge in [0.25, 0.3) is 0 Å². The second-order valence-corrected chi connectivity index (χ2v) is 27.5. The first-order chi connectivity index (χ1) is 53.2. The normalized spacial score (nSPS) is 15.2. The third-order valence-corrected chi connectivity index (χ3v) is 21.6. The van der Waals surface area contributed by atoms with Crippen LogP contribution in [0.4, 0.5) is 0 Å². The lowest BCUT2D eigenvalue weighted by molar-refractivity contribution is -0.168. The molecule has 109 heavy (non-hydrogen) atoms. The first-order valence-electron chi connectivity index (χ1n) is 33.8. The van der Waals surface area contributed by atoms with Crippen LogP contribution in [0.3, 0.4) is 0 Å². The number of hydrogen-bond donors (Lipinski definition) is 0. The highest BCUT2D eigenvalue weighted by Crippen LogP contribution is 2.68. The summed E-state index contributed by atoms with van der Waals surface area (Å²) in [7, 11) is 0. The van der Waals surface area contributed by atoms with Crippen LogP contribution >= 0.6 is 22.7 Å². The zero-order valence-electron chi connectivity index (χ0n) is 57.1. The third kappa shape index (κ3) is 11.8. The van der Waals surface area contributed by atoms with Gasteiger partial charge in [-0.25, -0.2) is 9.98 Å². The number of benzene rings is 8. The van der Waals surface area contributed by atoms with Crippen molar-refractivity contribution >= 4 is 105 Å². The summed E-state index contributed by atoms with van der Waals surface area (Å²) in [5.41, 5.74) is -13.3. The van der Waals surface area contributed by atoms with Crippen molar-refractivity contribution in [3.05, 3.63) is 341 Å². The van der Waals surface area contributed by atoms with Gasteiger partial charge in [-0.15, -0.1) is 22.7 Å². The predicted molar refractivity (Wildman–Crippen MR) is 398 cm³/mol. The summed E-state index contributed by atoms with van der Waals surface area (Å²) < 4.78 is 38.7. The number of thiophene rings is 2. The van der Waals surface area contributed by atoms with Gasteiger partial charge in [-0.2, -0.15) is 21.0 Å². The average molecular weight is 1470 g/mol. The number of ether oxygens (including phenoxy) is 6. The van der Waals surface area contributed by atoms with Crippen molar-refractivity contribution in [2.75, 3.05) is 0 Å². The minimum absolute atomic E-state index is 0.00659. The minimum atomic E-state index is -3.32. The van der Waals surface area contributed by atoms with Crippen LogP contribution in [0.1, 0.15) is 97.2 Å². The number of fused-ring (bicyclic) bond motifs is 9. The minimum Gasteiger partial charge on any atom is -0.459 e. The Morgan fingerprint density at radius 3 is 0.789 bits per heavy atom. The van der Waals surface area contributed by atoms with E-state index in [0.717, 1.165) is 22.7 Å². The number of carbonyl (C=O) groups excluding carboxylic acids is 8. The smallest absolute Gasteiger partial charge is 0.334 e. The van der Waals surface area contributed by atoms with Crippen molar-refractivity contribution < 1.29 is 66.8 Å². The van der Waals surface area contributed by atoms with E-state index in [1.54, 1.807) is 206 Å². The van der Waals surface area contributed by atoms with Gasteiger partial charge in [0.15, 0.2) is 0 Å². The van der Waals surface area contributed by atoms with Crippen molar-refractivity contribution in [3.63, 3.8) is 0 Å². The highest BCUT2D eigenvalue weighted by molar-refractivity contribution is 7.24. The van der Waals surface area contributed by atoms with Crippen molar-refractivity contribution in [1.82, 2.24) is 0 Å². The number of nitriles is 4. The lowest BCUT2D eigenvalue weighted by Crippen LogP contribution is -2.53. The number of allylic oxidation sites excluding steroid dienone is 4. The standard InChI is InChI=1S/C87H52N6O14S2/c88-41-57(42-89)67-59-35-19-21-37-61(59)75(94)73(67)92-65-39-63-69(85(65,79(96)102-45-51-23-7-1-8-24-51)80(97)103-46-52-25-9-2-10-26-52)71-77(108-63)78-72(87(71,83(100)106-49-55-31-15-5-16-32-55)84(101)107-50-56-33-17-6-18-34-56)70-64(109-78)40-66(93-74-68(58(43-90)44-91)60-36-20-22-38-62(60)76(74)95)86(70,81(98)104-47-53-27-11-3-12-28-53)82(99)105-48-54-29-13-4-14-30-54/h1-40H,45-50H2. The molecule has 20 nitrogen and oxygen atoms in total. The zero-order valence-corrected chi connectivity index (χ0v) is 58.7. The van der Waals surface area contributed by atoms with E-state index in [9.17, 15) is 21.0 Å². The number of carbonyl (C=O) groups is 8. The average Bonchev–Trinajstić information content (AvgIpc) is 1.48. The van der Waals surface area contributed by atoms with E-state index in [4.69, 9.17) is 38.4 Å². The molecular weight excluding hydrogens is 1420 g/mol. The quantitative estimate of drug-likeness (QED) is 0.0296. The van der Waals surface area contributed by atoms with Gasteiger partial charge in [0, 0.05) is 54.3 Å². The van der Waals surface area contributed by atoms with E-state index in [0.29, 0.717) is 33.4 Å². The fraction of sp³-hybridized carbons (Fsp3) is 0.103. The Labute approximate surface area is 629 Å². The number of nitrogens with zero attached hydrogens (tertiary/aromatic N) is 6. The van der Waals surface area contributed by atoms with Gasteiger partial charge in [-0.1, -0.05) is 231 Å². The van der Waals surface area contributed by atoms with Gasteiger partial charge >= 0.3 is 35.8 Å². The molecule has 0 atom stereocenters. The lowest BCUT2D eigenvalue weighted by Gasteiger charge is -2.35. The summed E-state index contributed by atoms with van der Waals surface area (Å²) in [4.78, 5) is 142. The summed E-state index contributed by atoms with van der Waals surface area (Å²) in [5, 5.41) is 42.6. The largest absolute Gasteiger partial charge is 0.459 e. The second kappa shape index (κ2) is 29.3. The van der Waals surface area contributed by atoms with Crippen LogP contribution in [0, 0.1) is 45.3 Å². The maximum absolute atomic E-state index is 17.4. The van der Waals surface area contributed by atoms with Crippen molar-refractivity contribution in [1.29, 1.82) is 21.0 Å². The van der Waals surface area contributed by atoms with Crippen molar-refractivity contribution in [3.8, 4) is 34.0 Å². The van der Waals surface area contributed by atoms with Gasteiger partial charge in [-0.3, -0.25) is 38.4 Å². The number of hydrogen-bond acceptors (Lipinski definition) is 22. The van der Waals surface area contributed by atoms with Crippen LogP contribution in [0.5, 0.6) is 0 Å². The molecule has 0 amide bonds. The molecule has 526 valence electrons. The molecule has 0 saturated carbocycles. The zero-order chi connectivity index (χ0) is 75.6. The van der Waals surface area contributed by atoms with E-state index < -0.39 is 159 Å². The Bertz CT molecular complexity index is 5400. The third-order valence-electron chi connectivity index (χ3n) is 19.2. The number of aliphatic imine (C=N–C) groups is 2. The van der Waals surface area contributed by atoms with Crippen LogP contribution < -0.4 is 0 Å². The summed E-state index contributed by atoms with van der Waals surface area (Å²) in [6.07, 6.45) is 2.56. The molecule has 0 N–H and O–H groups in total. The maximum atomic E-state index is 17.4. The first-order valence-corrected chi connectivity index (χ1v) is 35.5. The first kappa shape index (κ1) is 70.3. The Balaban J connectivity index is 1.07. The molecule has 0 aliphatic heterocycles. The van der Waals surface area contributed by atoms with Crippen LogP contribution in [0.15, 0.2) is 263 Å². The van der Waals surface area contributed by atoms with Gasteiger partial charge in [-0.05, 0) is 56.7 Å². The van der Waals surface area contributed by atoms with Gasteiger partial charge in [0.2, 0.25) is 27.8 Å². The maximum Gasteiger partial charge on any atom is 0.334 e. The van der Waals surface area contributed by atoms with E-state index in [2.05, 4.69) is 0 Å². The molecule has 0 bridgehead atoms. The summed E-state index contributed by atoms with van der Waals surface area (Å²) in [6, 6.07) is 69.6. The van der Waals surface area contributed by atoms with Crippen molar-refractivity contribution in [2.24, 2.45) is 9.98 Å². The van der Waals surface area contributed by atoms with Gasteiger partial charge in [0.1, 0.15) is 86.5 Å². The molecule has 0 unspecified atom stereocenters. The summed E-state index contributed by atoms with van der Waals surface area (Å²) in [5.74, 6) is -10.5. The van der Waals surface area contributed by atoms with Crippen molar-refractivity contribution in [2.45, 2.75) is 55.9 Å². The second-order valence-electron chi connectivity index (χ2n) is 25.4. The molecule has 15 rings (SSSR count). The van der Waals surface area contributed by atoms with Crippen LogP contribution in [-0.4, -0.2) is 58.8 Å². The van der Waals surface area contributed by atoms with Crippen LogP contribution in [0.25, 0.3) is 33.1 Å². The molecular formula is C87H52N6O14S2. The molecule has 22 heteroatoms. The molecule has 0 fully saturated rings. The summed E-state index contributed by atoms with van der Waals surface area (Å²) >= 11 is 1.62. The topological polar surface area (TPSA) is 312 Å².